The number of anilines is 1. The third-order valence-corrected chi connectivity index (χ3v) is 0.546. The van der Waals surface area contributed by atoms with Gasteiger partial charge in [-0.1, -0.05) is 0 Å². The van der Waals surface area contributed by atoms with Gasteiger partial charge in [0.1, 0.15) is 6.20 Å². The predicted molar refractivity (Wildman–Crippen MR) is 24.2 cm³/mol. The van der Waals surface area contributed by atoms with E-state index < -0.39 is 5.95 Å². The van der Waals surface area contributed by atoms with Crippen molar-refractivity contribution in [2.24, 2.45) is 0 Å². The highest BCUT2D eigenvalue weighted by Crippen LogP contribution is 1.87. The summed E-state index contributed by atoms with van der Waals surface area (Å²) in [6.45, 7) is 0. The maximum atomic E-state index is 11.9. The van der Waals surface area contributed by atoms with E-state index in [1.54, 1.807) is 0 Å². The smallest absolute Gasteiger partial charge is 0.242 e. The van der Waals surface area contributed by atoms with Crippen molar-refractivity contribution >= 4 is 5.95 Å². The van der Waals surface area contributed by atoms with Crippen LogP contribution in [0.25, 0.3) is 0 Å². The van der Waals surface area contributed by atoms with Gasteiger partial charge in [-0.2, -0.15) is 14.5 Å². The Bertz CT molecular complexity index is 171. The SMILES string of the molecule is Nc1nncc(F)n1. The van der Waals surface area contributed by atoms with Crippen molar-refractivity contribution in [2.45, 2.75) is 0 Å². The van der Waals surface area contributed by atoms with Gasteiger partial charge < -0.3 is 5.73 Å². The van der Waals surface area contributed by atoms with Crippen molar-refractivity contribution < 1.29 is 4.39 Å². The van der Waals surface area contributed by atoms with Gasteiger partial charge in [-0.3, -0.25) is 0 Å². The lowest BCUT2D eigenvalue weighted by atomic mass is 10.8. The molecule has 0 aromatic carbocycles. The molecule has 1 aromatic rings. The van der Waals surface area contributed by atoms with E-state index in [-0.39, 0.29) is 5.95 Å². The van der Waals surface area contributed by atoms with Crippen LogP contribution in [-0.2, 0) is 0 Å². The molecule has 0 aliphatic heterocycles. The van der Waals surface area contributed by atoms with Crippen LogP contribution in [0.5, 0.6) is 0 Å². The lowest BCUT2D eigenvalue weighted by Crippen LogP contribution is -1.97. The Labute approximate surface area is 44.6 Å². The molecular formula is C3H3FN4. The van der Waals surface area contributed by atoms with Crippen LogP contribution >= 0.6 is 0 Å². The fourth-order valence-electron chi connectivity index (χ4n) is 0.296. The number of hydrogen-bond donors (Lipinski definition) is 1. The summed E-state index contributed by atoms with van der Waals surface area (Å²) in [6.07, 6.45) is 0.885. The number of nitrogens with two attached hydrogens (primary N) is 1. The van der Waals surface area contributed by atoms with Crippen LogP contribution in [0.4, 0.5) is 10.3 Å². The number of nitrogen functional groups attached to an aromatic ring is 1. The minimum absolute atomic E-state index is 0.148. The lowest BCUT2D eigenvalue weighted by Gasteiger charge is -1.84. The van der Waals surface area contributed by atoms with Crippen molar-refractivity contribution in [3.05, 3.63) is 12.1 Å². The van der Waals surface area contributed by atoms with Crippen LogP contribution < -0.4 is 5.73 Å². The summed E-state index contributed by atoms with van der Waals surface area (Å²) in [5.74, 6) is -0.859. The fourth-order valence-corrected chi connectivity index (χ4v) is 0.296. The maximum Gasteiger partial charge on any atom is 0.242 e. The second kappa shape index (κ2) is 1.69. The average Bonchev–Trinajstić information content (AvgIpc) is 1.64. The molecule has 0 fully saturated rings. The molecule has 0 saturated heterocycles. The third-order valence-electron chi connectivity index (χ3n) is 0.546. The Morgan fingerprint density at radius 3 is 2.75 bits per heavy atom. The molecule has 2 N–H and O–H groups in total. The van der Waals surface area contributed by atoms with E-state index in [2.05, 4.69) is 15.2 Å². The Morgan fingerprint density at radius 2 is 2.38 bits per heavy atom. The Morgan fingerprint density at radius 1 is 1.62 bits per heavy atom. The molecule has 0 amide bonds. The van der Waals surface area contributed by atoms with Crippen molar-refractivity contribution in [3.63, 3.8) is 0 Å². The second-order valence-corrected chi connectivity index (χ2v) is 1.14. The normalized spacial score (nSPS) is 9.12. The summed E-state index contributed by atoms with van der Waals surface area (Å²) >= 11 is 0. The van der Waals surface area contributed by atoms with E-state index in [9.17, 15) is 4.39 Å². The quantitative estimate of drug-likeness (QED) is 0.498. The molecule has 4 nitrogen and oxygen atoms in total. The number of hydrogen-bond acceptors (Lipinski definition) is 4. The average molecular weight is 114 g/mol. The number of nitrogens with zero attached hydrogens (tertiary/aromatic N) is 3. The molecule has 5 heteroatoms. The van der Waals surface area contributed by atoms with E-state index in [4.69, 9.17) is 5.73 Å². The Hall–Kier alpha value is -1.26. The highest BCUT2D eigenvalue weighted by atomic mass is 19.1. The Balaban J connectivity index is 3.08. The zero-order chi connectivity index (χ0) is 5.98. The van der Waals surface area contributed by atoms with Crippen molar-refractivity contribution in [1.82, 2.24) is 15.2 Å². The van der Waals surface area contributed by atoms with Gasteiger partial charge >= 0.3 is 0 Å². The van der Waals surface area contributed by atoms with Crippen molar-refractivity contribution in [3.8, 4) is 0 Å². The summed E-state index contributed by atoms with van der Waals surface area (Å²) in [7, 11) is 0. The van der Waals surface area contributed by atoms with E-state index >= 15 is 0 Å². The van der Waals surface area contributed by atoms with Gasteiger partial charge in [-0.25, -0.2) is 0 Å². The predicted octanol–water partition coefficient (Wildman–Crippen LogP) is -0.407. The highest BCUT2D eigenvalue weighted by molar-refractivity contribution is 5.08. The minimum Gasteiger partial charge on any atom is -0.366 e. The molecule has 1 aromatic heterocycles. The zero-order valence-corrected chi connectivity index (χ0v) is 3.87. The van der Waals surface area contributed by atoms with Crippen LogP contribution in [-0.4, -0.2) is 15.2 Å². The minimum atomic E-state index is -0.711. The van der Waals surface area contributed by atoms with Crippen LogP contribution in [0.3, 0.4) is 0 Å². The number of aromatic nitrogens is 3. The molecular weight excluding hydrogens is 111 g/mol. The Kier molecular flexibility index (Phi) is 1.03. The molecule has 1 rings (SSSR count). The molecule has 0 aliphatic rings. The fraction of sp³-hybridized carbons (Fsp3) is 0. The molecule has 8 heavy (non-hydrogen) atoms. The summed E-state index contributed by atoms with van der Waals surface area (Å²) in [6, 6.07) is 0. The monoisotopic (exact) mass is 114 g/mol. The summed E-state index contributed by atoms with van der Waals surface area (Å²) in [5, 5.41) is 6.39. The van der Waals surface area contributed by atoms with Crippen molar-refractivity contribution in [2.75, 3.05) is 5.73 Å². The van der Waals surface area contributed by atoms with E-state index in [1.807, 2.05) is 0 Å². The maximum absolute atomic E-state index is 11.9. The molecule has 0 saturated carbocycles. The van der Waals surface area contributed by atoms with Gasteiger partial charge in [0, 0.05) is 0 Å². The molecule has 42 valence electrons. The molecule has 1 heterocycles. The van der Waals surface area contributed by atoms with Gasteiger partial charge in [0.05, 0.1) is 0 Å². The largest absolute Gasteiger partial charge is 0.366 e. The first-order valence-corrected chi connectivity index (χ1v) is 1.90. The standard InChI is InChI=1S/C3H3FN4/c4-2-1-6-8-3(5)7-2/h1H,(H2,5,7,8). The van der Waals surface area contributed by atoms with E-state index in [0.29, 0.717) is 0 Å². The first kappa shape index (κ1) is 4.89. The topological polar surface area (TPSA) is 64.7 Å². The van der Waals surface area contributed by atoms with Gasteiger partial charge in [0.25, 0.3) is 0 Å². The molecule has 0 bridgehead atoms. The van der Waals surface area contributed by atoms with Crippen LogP contribution in [0, 0.1) is 5.95 Å². The number of rotatable bonds is 0. The zero-order valence-electron chi connectivity index (χ0n) is 3.87. The molecule has 0 spiro atoms. The van der Waals surface area contributed by atoms with Gasteiger partial charge in [-0.15, -0.1) is 5.10 Å². The first-order valence-electron chi connectivity index (χ1n) is 1.90. The highest BCUT2D eigenvalue weighted by Gasteiger charge is 1.89. The summed E-state index contributed by atoms with van der Waals surface area (Å²) < 4.78 is 11.9. The van der Waals surface area contributed by atoms with Crippen LogP contribution in [0.15, 0.2) is 6.20 Å². The van der Waals surface area contributed by atoms with Crippen LogP contribution in [0.1, 0.15) is 0 Å². The molecule has 0 unspecified atom stereocenters. The van der Waals surface area contributed by atoms with E-state index in [1.165, 1.54) is 0 Å². The van der Waals surface area contributed by atoms with Gasteiger partial charge in [0.15, 0.2) is 0 Å². The molecule has 0 atom stereocenters. The van der Waals surface area contributed by atoms with Gasteiger partial charge in [0.2, 0.25) is 11.9 Å². The second-order valence-electron chi connectivity index (χ2n) is 1.14. The molecule has 0 aliphatic carbocycles. The third kappa shape index (κ3) is 0.868. The summed E-state index contributed by atoms with van der Waals surface area (Å²) in [4.78, 5) is 3.11. The first-order chi connectivity index (χ1) is 3.79. The summed E-state index contributed by atoms with van der Waals surface area (Å²) in [5.41, 5.74) is 4.93. The van der Waals surface area contributed by atoms with Crippen molar-refractivity contribution in [1.29, 1.82) is 0 Å². The molecule has 0 radical (unpaired) electrons. The van der Waals surface area contributed by atoms with Crippen LogP contribution in [0.2, 0.25) is 0 Å². The number of halogens is 1. The van der Waals surface area contributed by atoms with Gasteiger partial charge in [-0.05, 0) is 0 Å². The lowest BCUT2D eigenvalue weighted by molar-refractivity contribution is 0.570. The van der Waals surface area contributed by atoms with E-state index in [0.717, 1.165) is 6.20 Å².